The maximum atomic E-state index is 10.9. The predicted molar refractivity (Wildman–Crippen MR) is 44.8 cm³/mol. The van der Waals surface area contributed by atoms with Crippen LogP contribution in [0.15, 0.2) is 0 Å². The molecule has 0 spiro atoms. The first-order valence-corrected chi connectivity index (χ1v) is 4.05. The fourth-order valence-corrected chi connectivity index (χ4v) is 0.946. The summed E-state index contributed by atoms with van der Waals surface area (Å²) in [6.45, 7) is 4.02. The SMILES string of the molecule is CCNC(=O)NCC1(N)COC1. The van der Waals surface area contributed by atoms with E-state index in [1.165, 1.54) is 0 Å². The molecule has 5 heteroatoms. The van der Waals surface area contributed by atoms with Gasteiger partial charge in [-0.3, -0.25) is 0 Å². The second-order valence-corrected chi connectivity index (χ2v) is 3.07. The lowest BCUT2D eigenvalue weighted by atomic mass is 10.00. The highest BCUT2D eigenvalue weighted by molar-refractivity contribution is 5.73. The Labute approximate surface area is 71.6 Å². The second-order valence-electron chi connectivity index (χ2n) is 3.07. The lowest BCUT2D eigenvalue weighted by Gasteiger charge is -2.37. The number of nitrogens with two attached hydrogens (primary N) is 1. The first-order chi connectivity index (χ1) is 5.66. The van der Waals surface area contributed by atoms with E-state index in [0.717, 1.165) is 0 Å². The van der Waals surface area contributed by atoms with E-state index in [0.29, 0.717) is 26.3 Å². The number of carbonyl (C=O) groups is 1. The number of carbonyl (C=O) groups excluding carboxylic acids is 1. The van der Waals surface area contributed by atoms with Gasteiger partial charge >= 0.3 is 6.03 Å². The molecular formula is C7H15N3O2. The second kappa shape index (κ2) is 3.73. The normalized spacial score (nSPS) is 19.5. The molecule has 1 heterocycles. The van der Waals surface area contributed by atoms with Gasteiger partial charge in [0.15, 0.2) is 0 Å². The van der Waals surface area contributed by atoms with Crippen LogP contribution in [0.5, 0.6) is 0 Å². The molecule has 0 aromatic carbocycles. The fraction of sp³-hybridized carbons (Fsp3) is 0.857. The summed E-state index contributed by atoms with van der Waals surface area (Å²) in [5.41, 5.74) is 5.44. The third kappa shape index (κ3) is 2.35. The van der Waals surface area contributed by atoms with Gasteiger partial charge in [0.05, 0.1) is 18.8 Å². The minimum Gasteiger partial charge on any atom is -0.377 e. The molecule has 0 aliphatic carbocycles. The van der Waals surface area contributed by atoms with E-state index in [-0.39, 0.29) is 11.6 Å². The highest BCUT2D eigenvalue weighted by atomic mass is 16.5. The van der Waals surface area contributed by atoms with Gasteiger partial charge in [-0.1, -0.05) is 0 Å². The Bertz CT molecular complexity index is 168. The molecule has 0 atom stereocenters. The van der Waals surface area contributed by atoms with Crippen LogP contribution in [0.25, 0.3) is 0 Å². The zero-order valence-corrected chi connectivity index (χ0v) is 7.22. The van der Waals surface area contributed by atoms with Crippen molar-refractivity contribution in [2.75, 3.05) is 26.3 Å². The zero-order valence-electron chi connectivity index (χ0n) is 7.22. The molecule has 0 radical (unpaired) electrons. The van der Waals surface area contributed by atoms with Gasteiger partial charge in [-0.25, -0.2) is 4.79 Å². The topological polar surface area (TPSA) is 76.4 Å². The number of ether oxygens (including phenoxy) is 1. The molecule has 0 saturated carbocycles. The van der Waals surface area contributed by atoms with Gasteiger partial charge in [-0.15, -0.1) is 0 Å². The van der Waals surface area contributed by atoms with Crippen LogP contribution >= 0.6 is 0 Å². The van der Waals surface area contributed by atoms with E-state index in [9.17, 15) is 4.79 Å². The van der Waals surface area contributed by atoms with Crippen molar-refractivity contribution in [2.45, 2.75) is 12.5 Å². The maximum absolute atomic E-state index is 10.9. The molecule has 12 heavy (non-hydrogen) atoms. The summed E-state index contributed by atoms with van der Waals surface area (Å²) in [6.07, 6.45) is 0. The molecular weight excluding hydrogens is 158 g/mol. The molecule has 1 fully saturated rings. The zero-order chi connectivity index (χ0) is 9.03. The molecule has 1 saturated heterocycles. The fourth-order valence-electron chi connectivity index (χ4n) is 0.946. The Balaban J connectivity index is 2.12. The van der Waals surface area contributed by atoms with Gasteiger partial charge in [-0.05, 0) is 6.92 Å². The third-order valence-electron chi connectivity index (χ3n) is 1.72. The summed E-state index contributed by atoms with van der Waals surface area (Å²) in [4.78, 5) is 10.9. The lowest BCUT2D eigenvalue weighted by molar-refractivity contribution is -0.0508. The van der Waals surface area contributed by atoms with Crippen molar-refractivity contribution in [3.05, 3.63) is 0 Å². The maximum Gasteiger partial charge on any atom is 0.314 e. The predicted octanol–water partition coefficient (Wildman–Crippen LogP) is -0.967. The largest absolute Gasteiger partial charge is 0.377 e. The van der Waals surface area contributed by atoms with Crippen molar-refractivity contribution >= 4 is 6.03 Å². The summed E-state index contributed by atoms with van der Waals surface area (Å²) >= 11 is 0. The molecule has 2 amide bonds. The molecule has 4 N–H and O–H groups in total. The Morgan fingerprint density at radius 3 is 2.67 bits per heavy atom. The van der Waals surface area contributed by atoms with Crippen LogP contribution in [0.4, 0.5) is 4.79 Å². The molecule has 1 aliphatic rings. The Kier molecular flexibility index (Phi) is 2.88. The van der Waals surface area contributed by atoms with Crippen molar-refractivity contribution in [1.29, 1.82) is 0 Å². The smallest absolute Gasteiger partial charge is 0.314 e. The average Bonchev–Trinajstić information content (AvgIpc) is 1.98. The summed E-state index contributed by atoms with van der Waals surface area (Å²) in [5, 5.41) is 5.29. The molecule has 1 rings (SSSR count). The third-order valence-corrected chi connectivity index (χ3v) is 1.72. The van der Waals surface area contributed by atoms with Gasteiger partial charge in [0.2, 0.25) is 0 Å². The van der Waals surface area contributed by atoms with Gasteiger partial charge in [0, 0.05) is 13.1 Å². The Morgan fingerprint density at radius 1 is 1.58 bits per heavy atom. The Morgan fingerprint density at radius 2 is 2.25 bits per heavy atom. The molecule has 0 aromatic heterocycles. The molecule has 70 valence electrons. The van der Waals surface area contributed by atoms with Crippen molar-refractivity contribution < 1.29 is 9.53 Å². The number of amides is 2. The van der Waals surface area contributed by atoms with E-state index in [2.05, 4.69) is 10.6 Å². The van der Waals surface area contributed by atoms with E-state index >= 15 is 0 Å². The first kappa shape index (κ1) is 9.28. The number of hydrogen-bond acceptors (Lipinski definition) is 3. The van der Waals surface area contributed by atoms with Crippen LogP contribution < -0.4 is 16.4 Å². The number of urea groups is 1. The molecule has 0 aromatic rings. The highest BCUT2D eigenvalue weighted by Crippen LogP contribution is 2.11. The van der Waals surface area contributed by atoms with Crippen molar-refractivity contribution in [3.8, 4) is 0 Å². The molecule has 1 aliphatic heterocycles. The van der Waals surface area contributed by atoms with Gasteiger partial charge in [0.1, 0.15) is 0 Å². The minimum atomic E-state index is -0.342. The van der Waals surface area contributed by atoms with Crippen LogP contribution in [-0.4, -0.2) is 37.9 Å². The highest BCUT2D eigenvalue weighted by Gasteiger charge is 2.34. The van der Waals surface area contributed by atoms with Crippen molar-refractivity contribution in [2.24, 2.45) is 5.73 Å². The lowest BCUT2D eigenvalue weighted by Crippen LogP contribution is -2.64. The monoisotopic (exact) mass is 173 g/mol. The number of hydrogen-bond donors (Lipinski definition) is 3. The van der Waals surface area contributed by atoms with Crippen molar-refractivity contribution in [3.63, 3.8) is 0 Å². The van der Waals surface area contributed by atoms with Gasteiger partial charge in [-0.2, -0.15) is 0 Å². The van der Waals surface area contributed by atoms with Crippen LogP contribution in [-0.2, 0) is 4.74 Å². The van der Waals surface area contributed by atoms with Crippen LogP contribution in [0, 0.1) is 0 Å². The van der Waals surface area contributed by atoms with E-state index in [1.807, 2.05) is 6.92 Å². The number of nitrogens with one attached hydrogen (secondary N) is 2. The molecule has 0 unspecified atom stereocenters. The van der Waals surface area contributed by atoms with E-state index in [4.69, 9.17) is 10.5 Å². The van der Waals surface area contributed by atoms with Crippen LogP contribution in [0.3, 0.4) is 0 Å². The average molecular weight is 173 g/mol. The summed E-state index contributed by atoms with van der Waals surface area (Å²) in [6, 6.07) is -0.172. The number of rotatable bonds is 3. The van der Waals surface area contributed by atoms with Crippen LogP contribution in [0.2, 0.25) is 0 Å². The standard InChI is InChI=1S/C7H15N3O2/c1-2-9-6(11)10-3-7(8)4-12-5-7/h2-5,8H2,1H3,(H2,9,10,11). The van der Waals surface area contributed by atoms with Crippen molar-refractivity contribution in [1.82, 2.24) is 10.6 Å². The van der Waals surface area contributed by atoms with Gasteiger partial charge in [0.25, 0.3) is 0 Å². The minimum absolute atomic E-state index is 0.172. The van der Waals surface area contributed by atoms with E-state index in [1.54, 1.807) is 0 Å². The summed E-state index contributed by atoms with van der Waals surface area (Å²) < 4.78 is 4.93. The van der Waals surface area contributed by atoms with Crippen LogP contribution in [0.1, 0.15) is 6.92 Å². The Hall–Kier alpha value is -0.810. The quantitative estimate of drug-likeness (QED) is 0.514. The molecule has 5 nitrogen and oxygen atoms in total. The van der Waals surface area contributed by atoms with E-state index < -0.39 is 0 Å². The summed E-state index contributed by atoms with van der Waals surface area (Å²) in [5.74, 6) is 0. The van der Waals surface area contributed by atoms with Gasteiger partial charge < -0.3 is 21.1 Å². The molecule has 0 bridgehead atoms. The summed E-state index contributed by atoms with van der Waals surface area (Å²) in [7, 11) is 0. The first-order valence-electron chi connectivity index (χ1n) is 4.05.